The van der Waals surface area contributed by atoms with Crippen molar-refractivity contribution < 1.29 is 26.3 Å². The zero-order valence-electron chi connectivity index (χ0n) is 8.24. The van der Waals surface area contributed by atoms with Crippen LogP contribution < -0.4 is 0 Å². The molecule has 0 amide bonds. The van der Waals surface area contributed by atoms with Crippen molar-refractivity contribution in [3.63, 3.8) is 0 Å². The van der Waals surface area contributed by atoms with Crippen LogP contribution in [0.5, 0.6) is 0 Å². The number of hydrogen-bond donors (Lipinski definition) is 0. The summed E-state index contributed by atoms with van der Waals surface area (Å²) in [7, 11) is 0. The zero-order valence-corrected chi connectivity index (χ0v) is 9.00. The molecule has 96 valence electrons. The number of rotatable bonds is 3. The first kappa shape index (κ1) is 14.2. The van der Waals surface area contributed by atoms with E-state index in [1.54, 1.807) is 0 Å². The largest absolute Gasteiger partial charge is 0.425 e. The molecule has 0 radical (unpaired) electrons. The lowest BCUT2D eigenvalue weighted by atomic mass is 10.0. The Labute approximate surface area is 98.2 Å². The SMILES string of the molecule is FC(C(F)(F)F)C(F)(F)Cc1ccccc1Cl. The minimum atomic E-state index is -5.59. The average molecular weight is 277 g/mol. The van der Waals surface area contributed by atoms with E-state index < -0.39 is 24.7 Å². The lowest BCUT2D eigenvalue weighted by molar-refractivity contribution is -0.243. The molecule has 0 aliphatic carbocycles. The van der Waals surface area contributed by atoms with Gasteiger partial charge in [0.1, 0.15) is 0 Å². The van der Waals surface area contributed by atoms with Gasteiger partial charge in [-0.3, -0.25) is 0 Å². The third kappa shape index (κ3) is 3.52. The lowest BCUT2D eigenvalue weighted by Crippen LogP contribution is -2.43. The van der Waals surface area contributed by atoms with Crippen LogP contribution in [-0.2, 0) is 6.42 Å². The van der Waals surface area contributed by atoms with Gasteiger partial charge in [-0.05, 0) is 11.6 Å². The summed E-state index contributed by atoms with van der Waals surface area (Å²) in [5, 5.41) is -0.124. The summed E-state index contributed by atoms with van der Waals surface area (Å²) in [6, 6.07) is 5.13. The van der Waals surface area contributed by atoms with Crippen LogP contribution in [0, 0.1) is 0 Å². The summed E-state index contributed by atoms with van der Waals surface area (Å²) in [5.74, 6) is -4.54. The van der Waals surface area contributed by atoms with E-state index in [-0.39, 0.29) is 10.6 Å². The van der Waals surface area contributed by atoms with E-state index in [0.29, 0.717) is 0 Å². The second-order valence-corrected chi connectivity index (χ2v) is 3.84. The van der Waals surface area contributed by atoms with Gasteiger partial charge in [0.15, 0.2) is 0 Å². The molecular weight excluding hydrogens is 270 g/mol. The normalized spacial score (nSPS) is 14.8. The molecule has 0 bridgehead atoms. The molecule has 7 heteroatoms. The van der Waals surface area contributed by atoms with Crippen molar-refractivity contribution >= 4 is 11.6 Å². The smallest absolute Gasteiger partial charge is 0.231 e. The number of benzene rings is 1. The summed E-state index contributed by atoms with van der Waals surface area (Å²) in [4.78, 5) is 0. The standard InChI is InChI=1S/C10H7ClF6/c11-7-4-2-1-3-6(7)5-9(13,14)8(12)10(15,16)17/h1-4,8H,5H2. The molecule has 0 saturated carbocycles. The van der Waals surface area contributed by atoms with Gasteiger partial charge in [-0.25, -0.2) is 13.2 Å². The molecule has 1 atom stereocenters. The van der Waals surface area contributed by atoms with E-state index in [2.05, 4.69) is 0 Å². The maximum Gasteiger partial charge on any atom is 0.425 e. The van der Waals surface area contributed by atoms with E-state index in [0.717, 1.165) is 6.07 Å². The molecule has 0 saturated heterocycles. The highest BCUT2D eigenvalue weighted by Gasteiger charge is 2.56. The van der Waals surface area contributed by atoms with E-state index in [4.69, 9.17) is 11.6 Å². The Morgan fingerprint density at radius 3 is 2.06 bits per heavy atom. The first-order valence-corrected chi connectivity index (χ1v) is 4.84. The maximum absolute atomic E-state index is 13.0. The molecule has 1 rings (SSSR count). The van der Waals surface area contributed by atoms with Gasteiger partial charge in [0.2, 0.25) is 0 Å². The Hall–Kier alpha value is -0.910. The third-order valence-corrected chi connectivity index (χ3v) is 2.41. The van der Waals surface area contributed by atoms with Gasteiger partial charge in [0.05, 0.1) is 0 Å². The van der Waals surface area contributed by atoms with E-state index in [9.17, 15) is 26.3 Å². The van der Waals surface area contributed by atoms with Crippen LogP contribution in [0.4, 0.5) is 26.3 Å². The van der Waals surface area contributed by atoms with Crippen molar-refractivity contribution in [3.8, 4) is 0 Å². The molecule has 17 heavy (non-hydrogen) atoms. The summed E-state index contributed by atoms with van der Waals surface area (Å²) >= 11 is 5.51. The molecule has 1 unspecified atom stereocenters. The number of hydrogen-bond acceptors (Lipinski definition) is 0. The Kier molecular flexibility index (Phi) is 3.96. The van der Waals surface area contributed by atoms with Crippen LogP contribution in [0.1, 0.15) is 5.56 Å². The number of alkyl halides is 6. The molecule has 1 aromatic carbocycles. The average Bonchev–Trinajstić information content (AvgIpc) is 2.19. The van der Waals surface area contributed by atoms with Crippen molar-refractivity contribution in [2.75, 3.05) is 0 Å². The highest BCUT2D eigenvalue weighted by Crippen LogP contribution is 2.37. The topological polar surface area (TPSA) is 0 Å². The first-order valence-electron chi connectivity index (χ1n) is 4.46. The maximum atomic E-state index is 13.0. The minimum absolute atomic E-state index is 0.124. The van der Waals surface area contributed by atoms with Crippen LogP contribution in [-0.4, -0.2) is 18.3 Å². The molecule has 0 heterocycles. The fourth-order valence-corrected chi connectivity index (χ4v) is 1.43. The fraction of sp³-hybridized carbons (Fsp3) is 0.400. The lowest BCUT2D eigenvalue weighted by Gasteiger charge is -2.23. The molecular formula is C10H7ClF6. The van der Waals surface area contributed by atoms with Crippen molar-refractivity contribution in [1.82, 2.24) is 0 Å². The van der Waals surface area contributed by atoms with Gasteiger partial charge in [-0.15, -0.1) is 0 Å². The molecule has 0 aromatic heterocycles. The van der Waals surface area contributed by atoms with Crippen molar-refractivity contribution in [3.05, 3.63) is 34.9 Å². The summed E-state index contributed by atoms with van der Waals surface area (Å²) in [6.07, 6.45) is -11.2. The molecule has 1 aromatic rings. The third-order valence-electron chi connectivity index (χ3n) is 2.04. The van der Waals surface area contributed by atoms with Crippen molar-refractivity contribution in [2.24, 2.45) is 0 Å². The second kappa shape index (κ2) is 4.76. The molecule has 0 nitrogen and oxygen atoms in total. The van der Waals surface area contributed by atoms with Gasteiger partial charge >= 0.3 is 6.18 Å². The van der Waals surface area contributed by atoms with Gasteiger partial charge in [0.25, 0.3) is 12.1 Å². The predicted molar refractivity (Wildman–Crippen MR) is 51.1 cm³/mol. The second-order valence-electron chi connectivity index (χ2n) is 3.43. The highest BCUT2D eigenvalue weighted by molar-refractivity contribution is 6.31. The molecule has 0 N–H and O–H groups in total. The van der Waals surface area contributed by atoms with Crippen molar-refractivity contribution in [2.45, 2.75) is 24.7 Å². The number of halogens is 7. The monoisotopic (exact) mass is 276 g/mol. The zero-order chi connectivity index (χ0) is 13.3. The van der Waals surface area contributed by atoms with Gasteiger partial charge < -0.3 is 0 Å². The quantitative estimate of drug-likeness (QED) is 0.717. The summed E-state index contributed by atoms with van der Waals surface area (Å²) < 4.78 is 74.2. The van der Waals surface area contributed by atoms with Crippen LogP contribution in [0.3, 0.4) is 0 Å². The Bertz CT molecular complexity index is 387. The van der Waals surface area contributed by atoms with Crippen LogP contribution in [0.2, 0.25) is 5.02 Å². The Morgan fingerprint density at radius 2 is 1.59 bits per heavy atom. The van der Waals surface area contributed by atoms with E-state index in [1.807, 2.05) is 0 Å². The summed E-state index contributed by atoms with van der Waals surface area (Å²) in [5.41, 5.74) is -0.230. The van der Waals surface area contributed by atoms with E-state index in [1.165, 1.54) is 18.2 Å². The van der Waals surface area contributed by atoms with Gasteiger partial charge in [0, 0.05) is 11.4 Å². The Morgan fingerprint density at radius 1 is 1.06 bits per heavy atom. The first-order chi connectivity index (χ1) is 7.64. The predicted octanol–water partition coefficient (Wildman–Crippen LogP) is 4.42. The van der Waals surface area contributed by atoms with Gasteiger partial charge in [-0.1, -0.05) is 29.8 Å². The van der Waals surface area contributed by atoms with Crippen LogP contribution >= 0.6 is 11.6 Å². The van der Waals surface area contributed by atoms with Crippen molar-refractivity contribution in [1.29, 1.82) is 0 Å². The van der Waals surface area contributed by atoms with Crippen LogP contribution in [0.25, 0.3) is 0 Å². The van der Waals surface area contributed by atoms with Gasteiger partial charge in [-0.2, -0.15) is 13.2 Å². The molecule has 0 fully saturated rings. The minimum Gasteiger partial charge on any atom is -0.231 e. The molecule has 0 spiro atoms. The molecule has 0 aliphatic heterocycles. The fourth-order valence-electron chi connectivity index (χ4n) is 1.22. The molecule has 0 aliphatic rings. The van der Waals surface area contributed by atoms with Crippen LogP contribution in [0.15, 0.2) is 24.3 Å². The Balaban J connectivity index is 2.90. The highest BCUT2D eigenvalue weighted by atomic mass is 35.5. The summed E-state index contributed by atoms with van der Waals surface area (Å²) in [6.45, 7) is 0. The van der Waals surface area contributed by atoms with E-state index >= 15 is 0 Å².